The van der Waals surface area contributed by atoms with Crippen LogP contribution in [-0.2, 0) is 4.79 Å². The van der Waals surface area contributed by atoms with Gasteiger partial charge in [0, 0.05) is 18.5 Å². The summed E-state index contributed by atoms with van der Waals surface area (Å²) in [6, 6.07) is 0.247. The second-order valence-electron chi connectivity index (χ2n) is 6.56. The Bertz CT molecular complexity index is 268. The van der Waals surface area contributed by atoms with Crippen LogP contribution in [0, 0.1) is 16.7 Å². The van der Waals surface area contributed by atoms with E-state index in [0.717, 1.165) is 0 Å². The van der Waals surface area contributed by atoms with Crippen LogP contribution < -0.4 is 11.1 Å². The Morgan fingerprint density at radius 2 is 1.69 bits per heavy atom. The quantitative estimate of drug-likeness (QED) is 0.769. The highest BCUT2D eigenvalue weighted by molar-refractivity contribution is 5.77. The highest BCUT2D eigenvalue weighted by Crippen LogP contribution is 2.62. The van der Waals surface area contributed by atoms with Crippen molar-refractivity contribution in [1.82, 2.24) is 5.32 Å². The van der Waals surface area contributed by atoms with E-state index in [-0.39, 0.29) is 28.8 Å². The smallest absolute Gasteiger partial charge is 0.221 e. The predicted octanol–water partition coefficient (Wildman–Crippen LogP) is 1.91. The SMILES string of the molecule is CC(C)C(N)CC(=O)NC1C(C)(C)C1(C)C. The number of nitrogens with two attached hydrogens (primary N) is 1. The number of nitrogens with one attached hydrogen (secondary N) is 1. The predicted molar refractivity (Wildman–Crippen MR) is 66.9 cm³/mol. The summed E-state index contributed by atoms with van der Waals surface area (Å²) in [6.07, 6.45) is 0.431. The molecule has 0 aromatic carbocycles. The molecule has 1 rings (SSSR count). The molecule has 3 nitrogen and oxygen atoms in total. The second kappa shape index (κ2) is 4.02. The van der Waals surface area contributed by atoms with Crippen molar-refractivity contribution in [2.45, 2.75) is 60.0 Å². The van der Waals surface area contributed by atoms with Crippen LogP contribution in [0.2, 0.25) is 0 Å². The maximum atomic E-state index is 11.8. The first-order valence-electron chi connectivity index (χ1n) is 6.15. The number of carbonyl (C=O) groups is 1. The molecule has 0 bridgehead atoms. The summed E-state index contributed by atoms with van der Waals surface area (Å²) < 4.78 is 0. The van der Waals surface area contributed by atoms with Gasteiger partial charge in [-0.2, -0.15) is 0 Å². The molecule has 1 unspecified atom stereocenters. The molecule has 0 aromatic rings. The largest absolute Gasteiger partial charge is 0.352 e. The van der Waals surface area contributed by atoms with Crippen molar-refractivity contribution in [3.8, 4) is 0 Å². The Kier molecular flexibility index (Phi) is 3.39. The molecule has 1 atom stereocenters. The zero-order chi connectivity index (χ0) is 12.7. The fraction of sp³-hybridized carbons (Fsp3) is 0.923. The van der Waals surface area contributed by atoms with E-state index < -0.39 is 0 Å². The molecular weight excluding hydrogens is 200 g/mol. The van der Waals surface area contributed by atoms with Crippen LogP contribution >= 0.6 is 0 Å². The van der Waals surface area contributed by atoms with Crippen molar-refractivity contribution in [2.75, 3.05) is 0 Å². The number of hydrogen-bond donors (Lipinski definition) is 2. The highest BCUT2D eigenvalue weighted by atomic mass is 16.1. The number of hydrogen-bond acceptors (Lipinski definition) is 2. The summed E-state index contributed by atoms with van der Waals surface area (Å²) in [5.41, 5.74) is 6.29. The van der Waals surface area contributed by atoms with Gasteiger partial charge in [-0.25, -0.2) is 0 Å². The molecule has 1 fully saturated rings. The molecule has 1 aliphatic carbocycles. The van der Waals surface area contributed by atoms with Gasteiger partial charge < -0.3 is 11.1 Å². The van der Waals surface area contributed by atoms with E-state index in [1.165, 1.54) is 0 Å². The molecule has 0 radical (unpaired) electrons. The lowest BCUT2D eigenvalue weighted by Gasteiger charge is -2.15. The van der Waals surface area contributed by atoms with Crippen molar-refractivity contribution < 1.29 is 4.79 Å². The van der Waals surface area contributed by atoms with Crippen molar-refractivity contribution in [3.63, 3.8) is 0 Å². The monoisotopic (exact) mass is 226 g/mol. The van der Waals surface area contributed by atoms with Crippen LogP contribution in [0.15, 0.2) is 0 Å². The lowest BCUT2D eigenvalue weighted by atomic mass is 10.0. The van der Waals surface area contributed by atoms with Gasteiger partial charge in [0.2, 0.25) is 5.91 Å². The van der Waals surface area contributed by atoms with Gasteiger partial charge in [0.05, 0.1) is 0 Å². The Morgan fingerprint density at radius 3 is 2.00 bits per heavy atom. The Hall–Kier alpha value is -0.570. The van der Waals surface area contributed by atoms with Crippen molar-refractivity contribution in [1.29, 1.82) is 0 Å². The third kappa shape index (κ3) is 2.24. The molecule has 0 heterocycles. The summed E-state index contributed by atoms with van der Waals surface area (Å²) in [6.45, 7) is 12.9. The zero-order valence-corrected chi connectivity index (χ0v) is 11.4. The molecule has 94 valence electrons. The van der Waals surface area contributed by atoms with Crippen LogP contribution in [-0.4, -0.2) is 18.0 Å². The lowest BCUT2D eigenvalue weighted by Crippen LogP contribution is -2.37. The third-order valence-corrected chi connectivity index (χ3v) is 4.60. The molecule has 1 amide bonds. The van der Waals surface area contributed by atoms with Gasteiger partial charge in [-0.05, 0) is 16.7 Å². The Morgan fingerprint density at radius 1 is 1.25 bits per heavy atom. The summed E-state index contributed by atoms with van der Waals surface area (Å²) in [5.74, 6) is 0.441. The minimum Gasteiger partial charge on any atom is -0.352 e. The van der Waals surface area contributed by atoms with Gasteiger partial charge in [-0.15, -0.1) is 0 Å². The molecule has 1 aliphatic rings. The normalized spacial score (nSPS) is 24.2. The molecule has 0 spiro atoms. The van der Waals surface area contributed by atoms with E-state index in [1.54, 1.807) is 0 Å². The van der Waals surface area contributed by atoms with Gasteiger partial charge in [-0.1, -0.05) is 41.5 Å². The zero-order valence-electron chi connectivity index (χ0n) is 11.4. The van der Waals surface area contributed by atoms with E-state index in [0.29, 0.717) is 12.3 Å². The minimum atomic E-state index is -0.0371. The van der Waals surface area contributed by atoms with Gasteiger partial charge in [0.15, 0.2) is 0 Å². The van der Waals surface area contributed by atoms with Crippen LogP contribution in [0.5, 0.6) is 0 Å². The fourth-order valence-electron chi connectivity index (χ4n) is 2.23. The summed E-state index contributed by atoms with van der Waals surface area (Å²) in [7, 11) is 0. The molecule has 3 heteroatoms. The van der Waals surface area contributed by atoms with Crippen LogP contribution in [0.3, 0.4) is 0 Å². The van der Waals surface area contributed by atoms with Crippen molar-refractivity contribution in [2.24, 2.45) is 22.5 Å². The molecule has 16 heavy (non-hydrogen) atoms. The molecule has 0 aliphatic heterocycles. The molecule has 0 aromatic heterocycles. The standard InChI is InChI=1S/C13H26N2O/c1-8(2)9(14)7-10(16)15-11-12(3,4)13(11,5)6/h8-9,11H,7,14H2,1-6H3,(H,15,16). The maximum absolute atomic E-state index is 11.8. The van der Waals surface area contributed by atoms with E-state index in [2.05, 4.69) is 33.0 Å². The van der Waals surface area contributed by atoms with Gasteiger partial charge >= 0.3 is 0 Å². The fourth-order valence-corrected chi connectivity index (χ4v) is 2.23. The first-order chi connectivity index (χ1) is 7.10. The Balaban J connectivity index is 2.44. The highest BCUT2D eigenvalue weighted by Gasteiger charge is 2.65. The minimum absolute atomic E-state index is 0.0371. The van der Waals surface area contributed by atoms with Crippen LogP contribution in [0.25, 0.3) is 0 Å². The van der Waals surface area contributed by atoms with E-state index in [9.17, 15) is 4.79 Å². The maximum Gasteiger partial charge on any atom is 0.221 e. The number of rotatable bonds is 4. The number of amides is 1. The molecule has 1 saturated carbocycles. The van der Waals surface area contributed by atoms with Crippen molar-refractivity contribution in [3.05, 3.63) is 0 Å². The van der Waals surface area contributed by atoms with E-state index in [1.807, 2.05) is 13.8 Å². The molecule has 0 saturated heterocycles. The molecule has 3 N–H and O–H groups in total. The van der Waals surface area contributed by atoms with E-state index >= 15 is 0 Å². The average molecular weight is 226 g/mol. The first-order valence-corrected chi connectivity index (χ1v) is 6.15. The van der Waals surface area contributed by atoms with Crippen LogP contribution in [0.1, 0.15) is 48.0 Å². The first kappa shape index (κ1) is 13.5. The Labute approximate surface area is 99.2 Å². The third-order valence-electron chi connectivity index (χ3n) is 4.60. The van der Waals surface area contributed by atoms with Crippen LogP contribution in [0.4, 0.5) is 0 Å². The average Bonchev–Trinajstić information content (AvgIpc) is 2.47. The van der Waals surface area contributed by atoms with Gasteiger partial charge in [0.25, 0.3) is 0 Å². The van der Waals surface area contributed by atoms with Gasteiger partial charge in [0.1, 0.15) is 0 Å². The van der Waals surface area contributed by atoms with E-state index in [4.69, 9.17) is 5.73 Å². The summed E-state index contributed by atoms with van der Waals surface area (Å²) in [5, 5.41) is 3.10. The number of carbonyl (C=O) groups excluding carboxylic acids is 1. The lowest BCUT2D eigenvalue weighted by molar-refractivity contribution is -0.122. The summed E-state index contributed by atoms with van der Waals surface area (Å²) in [4.78, 5) is 11.8. The molecular formula is C13H26N2O. The second-order valence-corrected chi connectivity index (χ2v) is 6.56. The topological polar surface area (TPSA) is 55.1 Å². The van der Waals surface area contributed by atoms with Gasteiger partial charge in [-0.3, -0.25) is 4.79 Å². The summed E-state index contributed by atoms with van der Waals surface area (Å²) >= 11 is 0. The van der Waals surface area contributed by atoms with Crippen molar-refractivity contribution >= 4 is 5.91 Å².